The number of thiazole rings is 1. The molecular weight excluding hydrogens is 310 g/mol. The lowest BCUT2D eigenvalue weighted by Gasteiger charge is -2.22. The summed E-state index contributed by atoms with van der Waals surface area (Å²) in [5.41, 5.74) is 4.29. The molecule has 23 heavy (non-hydrogen) atoms. The van der Waals surface area contributed by atoms with Crippen LogP contribution in [0.2, 0.25) is 0 Å². The smallest absolute Gasteiger partial charge is 0.263 e. The molecule has 3 aromatic rings. The van der Waals surface area contributed by atoms with E-state index in [4.69, 9.17) is 0 Å². The van der Waals surface area contributed by atoms with Gasteiger partial charge in [0.1, 0.15) is 10.4 Å². The normalized spacial score (nSPS) is 12.7. The fourth-order valence-electron chi connectivity index (χ4n) is 2.42. The predicted octanol–water partition coefficient (Wildman–Crippen LogP) is 2.65. The third kappa shape index (κ3) is 3.24. The van der Waals surface area contributed by atoms with Crippen LogP contribution in [-0.2, 0) is 6.54 Å². The van der Waals surface area contributed by atoms with Gasteiger partial charge in [-0.05, 0) is 25.0 Å². The number of aryl methyl sites for hydroxylation is 1. The molecule has 7 heteroatoms. The zero-order valence-corrected chi connectivity index (χ0v) is 14.2. The zero-order chi connectivity index (χ0) is 16.4. The number of hydrogen-bond donors (Lipinski definition) is 1. The van der Waals surface area contributed by atoms with Crippen LogP contribution in [0.3, 0.4) is 0 Å². The van der Waals surface area contributed by atoms with Crippen molar-refractivity contribution in [3.63, 3.8) is 0 Å². The summed E-state index contributed by atoms with van der Waals surface area (Å²) in [6, 6.07) is 7.79. The molecule has 1 N–H and O–H groups in total. The Morgan fingerprint density at radius 1 is 1.35 bits per heavy atom. The highest BCUT2D eigenvalue weighted by Crippen LogP contribution is 2.15. The predicted molar refractivity (Wildman–Crippen MR) is 90.5 cm³/mol. The first-order valence-electron chi connectivity index (χ1n) is 7.55. The van der Waals surface area contributed by atoms with Crippen molar-refractivity contribution < 1.29 is 4.79 Å². The Morgan fingerprint density at radius 3 is 2.83 bits per heavy atom. The summed E-state index contributed by atoms with van der Waals surface area (Å²) >= 11 is 1.36. The second-order valence-corrected chi connectivity index (χ2v) is 6.71. The van der Waals surface area contributed by atoms with Crippen molar-refractivity contribution in [2.24, 2.45) is 5.92 Å². The van der Waals surface area contributed by atoms with Crippen LogP contribution < -0.4 is 5.32 Å². The fourth-order valence-corrected chi connectivity index (χ4v) is 3.12. The lowest BCUT2D eigenvalue weighted by molar-refractivity contribution is 0.0923. The van der Waals surface area contributed by atoms with Gasteiger partial charge in [-0.25, -0.2) is 9.67 Å². The van der Waals surface area contributed by atoms with E-state index < -0.39 is 0 Å². The standard InChI is InChI=1S/C16H19N5OS/c1-10(2)13(18-16(22)15-11(3)17-9-23-15)8-21-14-7-5-4-6-12(14)19-20-21/h4-7,9-10,13H,8H2,1-3H3,(H,18,22)/t13-/m1/s1. The van der Waals surface area contributed by atoms with E-state index in [9.17, 15) is 4.79 Å². The maximum Gasteiger partial charge on any atom is 0.263 e. The van der Waals surface area contributed by atoms with Crippen molar-refractivity contribution in [2.45, 2.75) is 33.4 Å². The summed E-state index contributed by atoms with van der Waals surface area (Å²) in [4.78, 5) is 17.3. The maximum absolute atomic E-state index is 12.4. The summed E-state index contributed by atoms with van der Waals surface area (Å²) in [6.45, 7) is 6.61. The van der Waals surface area contributed by atoms with Crippen LogP contribution in [0.4, 0.5) is 0 Å². The molecule has 6 nitrogen and oxygen atoms in total. The van der Waals surface area contributed by atoms with Crippen LogP contribution in [0.5, 0.6) is 0 Å². The van der Waals surface area contributed by atoms with E-state index in [0.717, 1.165) is 16.7 Å². The topological polar surface area (TPSA) is 72.7 Å². The largest absolute Gasteiger partial charge is 0.346 e. The minimum atomic E-state index is -0.0758. The van der Waals surface area contributed by atoms with Gasteiger partial charge in [0.05, 0.1) is 29.3 Å². The first kappa shape index (κ1) is 15.6. The van der Waals surface area contributed by atoms with Gasteiger partial charge in [-0.3, -0.25) is 4.79 Å². The lowest BCUT2D eigenvalue weighted by Crippen LogP contribution is -2.41. The van der Waals surface area contributed by atoms with Gasteiger partial charge in [0.2, 0.25) is 0 Å². The number of nitrogens with zero attached hydrogens (tertiary/aromatic N) is 4. The molecule has 2 aromatic heterocycles. The molecule has 0 saturated heterocycles. The van der Waals surface area contributed by atoms with E-state index >= 15 is 0 Å². The molecule has 120 valence electrons. The highest BCUT2D eigenvalue weighted by atomic mass is 32.1. The van der Waals surface area contributed by atoms with E-state index in [1.807, 2.05) is 35.9 Å². The molecule has 0 aliphatic heterocycles. The number of nitrogens with one attached hydrogen (secondary N) is 1. The van der Waals surface area contributed by atoms with Crippen LogP contribution in [0.25, 0.3) is 11.0 Å². The summed E-state index contributed by atoms with van der Waals surface area (Å²) in [7, 11) is 0. The third-order valence-electron chi connectivity index (χ3n) is 3.86. The fraction of sp³-hybridized carbons (Fsp3) is 0.375. The Morgan fingerprint density at radius 2 is 2.13 bits per heavy atom. The lowest BCUT2D eigenvalue weighted by atomic mass is 10.0. The number of carbonyl (C=O) groups excluding carboxylic acids is 1. The van der Waals surface area contributed by atoms with E-state index in [-0.39, 0.29) is 17.9 Å². The number of hydrogen-bond acceptors (Lipinski definition) is 5. The minimum Gasteiger partial charge on any atom is -0.346 e. The van der Waals surface area contributed by atoms with Crippen LogP contribution in [0, 0.1) is 12.8 Å². The van der Waals surface area contributed by atoms with E-state index in [2.05, 4.69) is 34.5 Å². The second-order valence-electron chi connectivity index (χ2n) is 5.85. The third-order valence-corrected chi connectivity index (χ3v) is 4.79. The van der Waals surface area contributed by atoms with Gasteiger partial charge < -0.3 is 5.32 Å². The number of fused-ring (bicyclic) bond motifs is 1. The molecular formula is C16H19N5OS. The van der Waals surface area contributed by atoms with Crippen molar-refractivity contribution in [3.8, 4) is 0 Å². The quantitative estimate of drug-likeness (QED) is 0.781. The van der Waals surface area contributed by atoms with Crippen molar-refractivity contribution in [1.29, 1.82) is 0 Å². The molecule has 2 heterocycles. The molecule has 0 spiro atoms. The van der Waals surface area contributed by atoms with E-state index in [1.54, 1.807) is 5.51 Å². The Kier molecular flexibility index (Phi) is 4.38. The van der Waals surface area contributed by atoms with Gasteiger partial charge in [0, 0.05) is 0 Å². The minimum absolute atomic E-state index is 0.0332. The van der Waals surface area contributed by atoms with E-state index in [1.165, 1.54) is 11.3 Å². The Labute approximate surface area is 138 Å². The number of aromatic nitrogens is 4. The number of rotatable bonds is 5. The first-order valence-corrected chi connectivity index (χ1v) is 8.43. The highest BCUT2D eigenvalue weighted by molar-refractivity contribution is 7.11. The Balaban J connectivity index is 1.80. The summed E-state index contributed by atoms with van der Waals surface area (Å²) in [5, 5.41) is 11.5. The summed E-state index contributed by atoms with van der Waals surface area (Å²) in [6.07, 6.45) is 0. The Bertz CT molecular complexity index is 823. The van der Waals surface area contributed by atoms with E-state index in [0.29, 0.717) is 11.4 Å². The van der Waals surface area contributed by atoms with Crippen LogP contribution in [-0.4, -0.2) is 31.9 Å². The molecule has 0 bridgehead atoms. The molecule has 0 aliphatic carbocycles. The molecule has 3 rings (SSSR count). The maximum atomic E-state index is 12.4. The first-order chi connectivity index (χ1) is 11.1. The van der Waals surface area contributed by atoms with Gasteiger partial charge in [-0.2, -0.15) is 0 Å². The average molecular weight is 329 g/mol. The van der Waals surface area contributed by atoms with Gasteiger partial charge >= 0.3 is 0 Å². The molecule has 1 amide bonds. The van der Waals surface area contributed by atoms with Crippen LogP contribution in [0.15, 0.2) is 29.8 Å². The van der Waals surface area contributed by atoms with Crippen LogP contribution >= 0.6 is 11.3 Å². The molecule has 0 unspecified atom stereocenters. The molecule has 0 fully saturated rings. The van der Waals surface area contributed by atoms with Gasteiger partial charge in [-0.1, -0.05) is 31.2 Å². The summed E-state index contributed by atoms with van der Waals surface area (Å²) in [5.74, 6) is 0.197. The van der Waals surface area contributed by atoms with Crippen molar-refractivity contribution in [1.82, 2.24) is 25.3 Å². The van der Waals surface area contributed by atoms with Crippen molar-refractivity contribution >= 4 is 28.3 Å². The van der Waals surface area contributed by atoms with Gasteiger partial charge in [0.15, 0.2) is 0 Å². The number of amides is 1. The monoisotopic (exact) mass is 329 g/mol. The van der Waals surface area contributed by atoms with Gasteiger partial charge in [0.25, 0.3) is 5.91 Å². The zero-order valence-electron chi connectivity index (χ0n) is 13.4. The number of carbonyl (C=O) groups is 1. The number of benzene rings is 1. The molecule has 0 saturated carbocycles. The van der Waals surface area contributed by atoms with Crippen LogP contribution in [0.1, 0.15) is 29.2 Å². The van der Waals surface area contributed by atoms with Crippen molar-refractivity contribution in [3.05, 3.63) is 40.3 Å². The van der Waals surface area contributed by atoms with Gasteiger partial charge in [-0.15, -0.1) is 16.4 Å². The average Bonchev–Trinajstić information content (AvgIpc) is 3.13. The Hall–Kier alpha value is -2.28. The SMILES string of the molecule is Cc1ncsc1C(=O)N[C@H](Cn1nnc2ccccc21)C(C)C. The number of para-hydroxylation sites is 1. The summed E-state index contributed by atoms with van der Waals surface area (Å²) < 4.78 is 1.85. The second kappa shape index (κ2) is 6.45. The van der Waals surface area contributed by atoms with Crippen molar-refractivity contribution in [2.75, 3.05) is 0 Å². The highest BCUT2D eigenvalue weighted by Gasteiger charge is 2.21. The molecule has 1 aromatic carbocycles. The molecule has 0 radical (unpaired) electrons. The molecule has 0 aliphatic rings. The molecule has 1 atom stereocenters.